The van der Waals surface area contributed by atoms with Gasteiger partial charge in [-0.05, 0) is 18.2 Å². The minimum Gasteiger partial charge on any atom is -0.355 e. The van der Waals surface area contributed by atoms with Crippen LogP contribution in [0.4, 0.5) is 0 Å². The van der Waals surface area contributed by atoms with Gasteiger partial charge in [0.1, 0.15) is 0 Å². The Hall–Kier alpha value is -1.26. The SMILES string of the molecule is CC(=O)NCCNC(=O)c1cc(Cl)cc(Cl)c1. The number of hydrogen-bond donors (Lipinski definition) is 2. The predicted molar refractivity (Wildman–Crippen MR) is 67.5 cm³/mol. The maximum absolute atomic E-state index is 11.7. The maximum Gasteiger partial charge on any atom is 0.251 e. The van der Waals surface area contributed by atoms with Crippen LogP contribution in [0.3, 0.4) is 0 Å². The van der Waals surface area contributed by atoms with Crippen LogP contribution in [0.15, 0.2) is 18.2 Å². The number of hydrogen-bond acceptors (Lipinski definition) is 2. The number of carbonyl (C=O) groups excluding carboxylic acids is 2. The van der Waals surface area contributed by atoms with Crippen LogP contribution in [0.2, 0.25) is 10.0 Å². The fourth-order valence-corrected chi connectivity index (χ4v) is 1.73. The normalized spacial score (nSPS) is 9.82. The van der Waals surface area contributed by atoms with Crippen LogP contribution in [-0.2, 0) is 4.79 Å². The van der Waals surface area contributed by atoms with Crippen molar-refractivity contribution in [2.45, 2.75) is 6.92 Å². The molecule has 0 atom stereocenters. The molecule has 4 nitrogen and oxygen atoms in total. The van der Waals surface area contributed by atoms with Crippen molar-refractivity contribution >= 4 is 35.0 Å². The van der Waals surface area contributed by atoms with Gasteiger partial charge in [-0.15, -0.1) is 0 Å². The second-order valence-corrected chi connectivity index (χ2v) is 4.27. The Morgan fingerprint density at radius 2 is 1.59 bits per heavy atom. The van der Waals surface area contributed by atoms with Gasteiger partial charge in [0.15, 0.2) is 0 Å². The molecule has 0 aliphatic rings. The molecule has 0 spiro atoms. The van der Waals surface area contributed by atoms with E-state index in [2.05, 4.69) is 10.6 Å². The van der Waals surface area contributed by atoms with Crippen LogP contribution >= 0.6 is 23.2 Å². The summed E-state index contributed by atoms with van der Waals surface area (Å²) >= 11 is 11.6. The number of rotatable bonds is 4. The molecule has 17 heavy (non-hydrogen) atoms. The standard InChI is InChI=1S/C11H12Cl2N2O2/c1-7(16)14-2-3-15-11(17)8-4-9(12)6-10(13)5-8/h4-6H,2-3H2,1H3,(H,14,16)(H,15,17). The molecule has 0 aliphatic carbocycles. The molecule has 1 aromatic rings. The molecule has 2 amide bonds. The highest BCUT2D eigenvalue weighted by Crippen LogP contribution is 2.18. The van der Waals surface area contributed by atoms with E-state index in [0.29, 0.717) is 28.7 Å². The van der Waals surface area contributed by atoms with Gasteiger partial charge >= 0.3 is 0 Å². The lowest BCUT2D eigenvalue weighted by atomic mass is 10.2. The van der Waals surface area contributed by atoms with Crippen molar-refractivity contribution in [1.82, 2.24) is 10.6 Å². The van der Waals surface area contributed by atoms with E-state index in [1.54, 1.807) is 6.07 Å². The first-order valence-electron chi connectivity index (χ1n) is 4.98. The second-order valence-electron chi connectivity index (χ2n) is 3.40. The number of nitrogens with one attached hydrogen (secondary N) is 2. The lowest BCUT2D eigenvalue weighted by molar-refractivity contribution is -0.118. The van der Waals surface area contributed by atoms with Gasteiger partial charge in [0.2, 0.25) is 5.91 Å². The molecule has 92 valence electrons. The van der Waals surface area contributed by atoms with Gasteiger partial charge in [0, 0.05) is 35.6 Å². The van der Waals surface area contributed by atoms with Crippen LogP contribution in [0.5, 0.6) is 0 Å². The fourth-order valence-electron chi connectivity index (χ4n) is 1.20. The minimum absolute atomic E-state index is 0.134. The summed E-state index contributed by atoms with van der Waals surface area (Å²) in [6.45, 7) is 2.15. The molecule has 0 aromatic heterocycles. The van der Waals surface area contributed by atoms with E-state index in [1.165, 1.54) is 19.1 Å². The van der Waals surface area contributed by atoms with Gasteiger partial charge in [0.05, 0.1) is 0 Å². The summed E-state index contributed by atoms with van der Waals surface area (Å²) < 4.78 is 0. The maximum atomic E-state index is 11.7. The molecular formula is C11H12Cl2N2O2. The largest absolute Gasteiger partial charge is 0.355 e. The van der Waals surface area contributed by atoms with Crippen LogP contribution in [0, 0.1) is 0 Å². The number of carbonyl (C=O) groups is 2. The third-order valence-electron chi connectivity index (χ3n) is 1.91. The summed E-state index contributed by atoms with van der Waals surface area (Å²) in [6, 6.07) is 4.61. The Morgan fingerprint density at radius 3 is 2.12 bits per heavy atom. The van der Waals surface area contributed by atoms with E-state index in [1.807, 2.05) is 0 Å². The minimum atomic E-state index is -0.278. The zero-order valence-electron chi connectivity index (χ0n) is 9.22. The van der Waals surface area contributed by atoms with E-state index in [9.17, 15) is 9.59 Å². The molecular weight excluding hydrogens is 263 g/mol. The van der Waals surface area contributed by atoms with Crippen molar-refractivity contribution < 1.29 is 9.59 Å². The third kappa shape index (κ3) is 5.06. The monoisotopic (exact) mass is 274 g/mol. The van der Waals surface area contributed by atoms with E-state index in [0.717, 1.165) is 0 Å². The van der Waals surface area contributed by atoms with Crippen LogP contribution in [-0.4, -0.2) is 24.9 Å². The Bertz CT molecular complexity index is 415. The molecule has 0 saturated carbocycles. The quantitative estimate of drug-likeness (QED) is 0.824. The van der Waals surface area contributed by atoms with Gasteiger partial charge < -0.3 is 10.6 Å². The molecule has 6 heteroatoms. The second kappa shape index (κ2) is 6.47. The van der Waals surface area contributed by atoms with Crippen LogP contribution in [0.25, 0.3) is 0 Å². The predicted octanol–water partition coefficient (Wildman–Crippen LogP) is 1.86. The number of benzene rings is 1. The Balaban J connectivity index is 2.49. The molecule has 0 radical (unpaired) electrons. The smallest absolute Gasteiger partial charge is 0.251 e. The first-order chi connectivity index (χ1) is 7.99. The summed E-state index contributed by atoms with van der Waals surface area (Å²) in [5.41, 5.74) is 0.394. The first-order valence-corrected chi connectivity index (χ1v) is 5.73. The zero-order chi connectivity index (χ0) is 12.8. The van der Waals surface area contributed by atoms with Gasteiger partial charge in [-0.25, -0.2) is 0 Å². The van der Waals surface area contributed by atoms with Crippen molar-refractivity contribution in [3.8, 4) is 0 Å². The number of halogens is 2. The Labute approximate surface area is 109 Å². The summed E-state index contributed by atoms with van der Waals surface area (Å²) in [4.78, 5) is 22.2. The third-order valence-corrected chi connectivity index (χ3v) is 2.35. The van der Waals surface area contributed by atoms with Crippen molar-refractivity contribution in [1.29, 1.82) is 0 Å². The molecule has 0 unspecified atom stereocenters. The van der Waals surface area contributed by atoms with Crippen molar-refractivity contribution in [2.75, 3.05) is 13.1 Å². The molecule has 0 saturated heterocycles. The van der Waals surface area contributed by atoms with Gasteiger partial charge in [-0.1, -0.05) is 23.2 Å². The van der Waals surface area contributed by atoms with Crippen LogP contribution in [0.1, 0.15) is 17.3 Å². The van der Waals surface area contributed by atoms with Crippen molar-refractivity contribution in [3.05, 3.63) is 33.8 Å². The van der Waals surface area contributed by atoms with Gasteiger partial charge in [0.25, 0.3) is 5.91 Å². The average Bonchev–Trinajstić information content (AvgIpc) is 2.22. The molecule has 0 heterocycles. The molecule has 1 rings (SSSR count). The zero-order valence-corrected chi connectivity index (χ0v) is 10.7. The molecule has 0 fully saturated rings. The van der Waals surface area contributed by atoms with E-state index >= 15 is 0 Å². The topological polar surface area (TPSA) is 58.2 Å². The van der Waals surface area contributed by atoms with E-state index in [-0.39, 0.29) is 11.8 Å². The lowest BCUT2D eigenvalue weighted by Gasteiger charge is -2.06. The highest BCUT2D eigenvalue weighted by atomic mass is 35.5. The highest BCUT2D eigenvalue weighted by Gasteiger charge is 2.06. The Kier molecular flexibility index (Phi) is 5.25. The highest BCUT2D eigenvalue weighted by molar-refractivity contribution is 6.35. The summed E-state index contributed by atoms with van der Waals surface area (Å²) in [5, 5.41) is 6.02. The molecule has 0 bridgehead atoms. The summed E-state index contributed by atoms with van der Waals surface area (Å²) in [6.07, 6.45) is 0. The summed E-state index contributed by atoms with van der Waals surface area (Å²) in [7, 11) is 0. The van der Waals surface area contributed by atoms with Crippen molar-refractivity contribution in [2.24, 2.45) is 0 Å². The molecule has 0 aliphatic heterocycles. The Morgan fingerprint density at radius 1 is 1.06 bits per heavy atom. The summed E-state index contributed by atoms with van der Waals surface area (Å²) in [5.74, 6) is -0.412. The first kappa shape index (κ1) is 13.8. The van der Waals surface area contributed by atoms with Crippen molar-refractivity contribution in [3.63, 3.8) is 0 Å². The van der Waals surface area contributed by atoms with E-state index in [4.69, 9.17) is 23.2 Å². The van der Waals surface area contributed by atoms with Crippen LogP contribution < -0.4 is 10.6 Å². The van der Waals surface area contributed by atoms with Gasteiger partial charge in [-0.2, -0.15) is 0 Å². The lowest BCUT2D eigenvalue weighted by Crippen LogP contribution is -2.33. The fraction of sp³-hybridized carbons (Fsp3) is 0.273. The van der Waals surface area contributed by atoms with Gasteiger partial charge in [-0.3, -0.25) is 9.59 Å². The molecule has 1 aromatic carbocycles. The average molecular weight is 275 g/mol. The number of amides is 2. The molecule has 2 N–H and O–H groups in total. The van der Waals surface area contributed by atoms with E-state index < -0.39 is 0 Å².